The van der Waals surface area contributed by atoms with E-state index in [1.54, 1.807) is 12.1 Å². The zero-order valence-electron chi connectivity index (χ0n) is 16.7. The van der Waals surface area contributed by atoms with Crippen molar-refractivity contribution in [2.24, 2.45) is 0 Å². The van der Waals surface area contributed by atoms with Crippen molar-refractivity contribution in [3.8, 4) is 5.75 Å². The number of aryl methyl sites for hydroxylation is 1. The molecule has 0 aliphatic heterocycles. The summed E-state index contributed by atoms with van der Waals surface area (Å²) in [6.07, 6.45) is 0. The quantitative estimate of drug-likeness (QED) is 0.608. The number of carbonyl (C=O) groups is 1. The van der Waals surface area contributed by atoms with Gasteiger partial charge in [0.2, 0.25) is 0 Å². The van der Waals surface area contributed by atoms with Crippen LogP contribution in [0.5, 0.6) is 5.75 Å². The fourth-order valence-electron chi connectivity index (χ4n) is 3.31. The second-order valence-corrected chi connectivity index (χ2v) is 6.77. The molecule has 0 aliphatic carbocycles. The van der Waals surface area contributed by atoms with Gasteiger partial charge in [-0.15, -0.1) is 0 Å². The van der Waals surface area contributed by atoms with Crippen LogP contribution in [0.15, 0.2) is 42.5 Å². The number of imidazole rings is 1. The van der Waals surface area contributed by atoms with E-state index in [0.29, 0.717) is 12.1 Å². The van der Waals surface area contributed by atoms with Gasteiger partial charge in [-0.2, -0.15) is 0 Å². The average Bonchev–Trinajstić information content (AvgIpc) is 3.05. The molecule has 0 aliphatic rings. The number of nitrogens with zero attached hydrogens (tertiary/aromatic N) is 3. The molecule has 0 fully saturated rings. The lowest BCUT2D eigenvalue weighted by molar-refractivity contribution is 0.0697. The molecule has 3 rings (SSSR count). The number of carboxylic acid groups (broad SMARTS) is 1. The summed E-state index contributed by atoms with van der Waals surface area (Å²) in [5, 5.41) is 9.28. The highest BCUT2D eigenvalue weighted by Gasteiger charge is 2.15. The van der Waals surface area contributed by atoms with Gasteiger partial charge in [-0.25, -0.2) is 9.78 Å². The molecule has 1 aromatic heterocycles. The molecule has 0 saturated heterocycles. The molecule has 28 heavy (non-hydrogen) atoms. The van der Waals surface area contributed by atoms with Crippen molar-refractivity contribution in [3.05, 3.63) is 59.4 Å². The Bertz CT molecular complexity index is 961. The molecule has 6 nitrogen and oxygen atoms in total. The molecular weight excluding hydrogens is 354 g/mol. The maximum atomic E-state index is 11.3. The second kappa shape index (κ2) is 8.89. The van der Waals surface area contributed by atoms with Crippen LogP contribution < -0.4 is 4.74 Å². The van der Waals surface area contributed by atoms with E-state index in [1.807, 2.05) is 37.3 Å². The second-order valence-electron chi connectivity index (χ2n) is 6.77. The first-order valence-electron chi connectivity index (χ1n) is 9.66. The molecule has 1 N–H and O–H groups in total. The molecule has 6 heteroatoms. The SMILES string of the molecule is CCN(CC)CCn1c(COc2ccccc2C)nc2cc(C(=O)O)ccc21. The van der Waals surface area contributed by atoms with Gasteiger partial charge in [0.25, 0.3) is 0 Å². The number of hydrogen-bond acceptors (Lipinski definition) is 4. The summed E-state index contributed by atoms with van der Waals surface area (Å²) in [5.74, 6) is 0.682. The first-order valence-corrected chi connectivity index (χ1v) is 9.66. The van der Waals surface area contributed by atoms with Crippen LogP contribution in [0, 0.1) is 6.92 Å². The minimum absolute atomic E-state index is 0.243. The Morgan fingerprint density at radius 3 is 2.61 bits per heavy atom. The number of rotatable bonds is 9. The van der Waals surface area contributed by atoms with E-state index >= 15 is 0 Å². The summed E-state index contributed by atoms with van der Waals surface area (Å²) in [7, 11) is 0. The van der Waals surface area contributed by atoms with Crippen molar-refractivity contribution in [3.63, 3.8) is 0 Å². The molecular formula is C22H27N3O3. The average molecular weight is 381 g/mol. The minimum Gasteiger partial charge on any atom is -0.485 e. The Balaban J connectivity index is 1.92. The molecule has 2 aromatic carbocycles. The van der Waals surface area contributed by atoms with Crippen LogP contribution in [0.2, 0.25) is 0 Å². The Morgan fingerprint density at radius 1 is 1.18 bits per heavy atom. The molecule has 0 saturated carbocycles. The van der Waals surface area contributed by atoms with Gasteiger partial charge in [0, 0.05) is 13.1 Å². The molecule has 0 bridgehead atoms. The normalized spacial score (nSPS) is 11.3. The number of aromatic nitrogens is 2. The zero-order valence-corrected chi connectivity index (χ0v) is 16.7. The van der Waals surface area contributed by atoms with Gasteiger partial charge < -0.3 is 19.3 Å². The number of para-hydroxylation sites is 1. The minimum atomic E-state index is -0.947. The summed E-state index contributed by atoms with van der Waals surface area (Å²) in [4.78, 5) is 18.3. The van der Waals surface area contributed by atoms with Gasteiger partial charge in [-0.3, -0.25) is 0 Å². The summed E-state index contributed by atoms with van der Waals surface area (Å²) in [6.45, 7) is 10.3. The molecule has 3 aromatic rings. The zero-order chi connectivity index (χ0) is 20.1. The maximum Gasteiger partial charge on any atom is 0.335 e. The molecule has 0 radical (unpaired) electrons. The van der Waals surface area contributed by atoms with Gasteiger partial charge in [-0.1, -0.05) is 32.0 Å². The Morgan fingerprint density at radius 2 is 1.93 bits per heavy atom. The lowest BCUT2D eigenvalue weighted by Gasteiger charge is -2.19. The third kappa shape index (κ3) is 4.34. The van der Waals surface area contributed by atoms with Crippen LogP contribution in [0.3, 0.4) is 0 Å². The monoisotopic (exact) mass is 381 g/mol. The lowest BCUT2D eigenvalue weighted by atomic mass is 10.2. The van der Waals surface area contributed by atoms with Gasteiger partial charge in [0.05, 0.1) is 16.6 Å². The van der Waals surface area contributed by atoms with Crippen LogP contribution in [-0.4, -0.2) is 45.2 Å². The lowest BCUT2D eigenvalue weighted by Crippen LogP contribution is -2.27. The Kier molecular flexibility index (Phi) is 6.31. The number of likely N-dealkylation sites (N-methyl/N-ethyl adjacent to an activating group) is 1. The highest BCUT2D eigenvalue weighted by atomic mass is 16.5. The van der Waals surface area contributed by atoms with Crippen molar-refractivity contribution in [1.29, 1.82) is 0 Å². The number of hydrogen-bond donors (Lipinski definition) is 1. The largest absolute Gasteiger partial charge is 0.485 e. The highest BCUT2D eigenvalue weighted by molar-refractivity contribution is 5.92. The first kappa shape index (κ1) is 19.9. The summed E-state index contributed by atoms with van der Waals surface area (Å²) >= 11 is 0. The van der Waals surface area contributed by atoms with E-state index in [2.05, 4.69) is 28.3 Å². The van der Waals surface area contributed by atoms with Gasteiger partial charge in [0.1, 0.15) is 18.2 Å². The van der Waals surface area contributed by atoms with Crippen LogP contribution in [0.1, 0.15) is 35.6 Å². The van der Waals surface area contributed by atoms with Gasteiger partial charge >= 0.3 is 5.97 Å². The summed E-state index contributed by atoms with van der Waals surface area (Å²) in [5.41, 5.74) is 2.93. The summed E-state index contributed by atoms with van der Waals surface area (Å²) < 4.78 is 8.15. The van der Waals surface area contributed by atoms with E-state index in [-0.39, 0.29) is 5.56 Å². The predicted octanol–water partition coefficient (Wildman–Crippen LogP) is 3.96. The standard InChI is InChI=1S/C22H27N3O3/c1-4-24(5-2)12-13-25-19-11-10-17(22(26)27)14-18(19)23-21(25)15-28-20-9-7-6-8-16(20)3/h6-11,14H,4-5,12-13,15H2,1-3H3,(H,26,27). The van der Waals surface area contributed by atoms with Crippen molar-refractivity contribution in [2.75, 3.05) is 19.6 Å². The van der Waals surface area contributed by atoms with E-state index < -0.39 is 5.97 Å². The van der Waals surface area contributed by atoms with Crippen LogP contribution in [0.4, 0.5) is 0 Å². The maximum absolute atomic E-state index is 11.3. The van der Waals surface area contributed by atoms with Crippen LogP contribution in [-0.2, 0) is 13.2 Å². The number of aromatic carboxylic acids is 1. The van der Waals surface area contributed by atoms with E-state index in [0.717, 1.165) is 48.8 Å². The molecule has 0 spiro atoms. The van der Waals surface area contributed by atoms with Crippen molar-refractivity contribution >= 4 is 17.0 Å². The van der Waals surface area contributed by atoms with E-state index in [9.17, 15) is 9.90 Å². The molecule has 1 heterocycles. The Labute approximate surface area is 165 Å². The third-order valence-electron chi connectivity index (χ3n) is 5.06. The number of ether oxygens (including phenoxy) is 1. The molecule has 0 amide bonds. The van der Waals surface area contributed by atoms with E-state index in [1.165, 1.54) is 0 Å². The number of carboxylic acids is 1. The van der Waals surface area contributed by atoms with Gasteiger partial charge in [0.15, 0.2) is 0 Å². The van der Waals surface area contributed by atoms with Crippen LogP contribution in [0.25, 0.3) is 11.0 Å². The van der Waals surface area contributed by atoms with Crippen molar-refractivity contribution in [1.82, 2.24) is 14.5 Å². The fourth-order valence-corrected chi connectivity index (χ4v) is 3.31. The highest BCUT2D eigenvalue weighted by Crippen LogP contribution is 2.22. The fraction of sp³-hybridized carbons (Fsp3) is 0.364. The smallest absolute Gasteiger partial charge is 0.335 e. The molecule has 148 valence electrons. The number of fused-ring (bicyclic) bond motifs is 1. The van der Waals surface area contributed by atoms with Crippen molar-refractivity contribution in [2.45, 2.75) is 33.9 Å². The predicted molar refractivity (Wildman–Crippen MR) is 110 cm³/mol. The Hall–Kier alpha value is -2.86. The topological polar surface area (TPSA) is 67.6 Å². The summed E-state index contributed by atoms with van der Waals surface area (Å²) in [6, 6.07) is 13.0. The molecule has 0 unspecified atom stereocenters. The molecule has 0 atom stereocenters. The first-order chi connectivity index (χ1) is 13.5. The van der Waals surface area contributed by atoms with Crippen molar-refractivity contribution < 1.29 is 14.6 Å². The van der Waals surface area contributed by atoms with E-state index in [4.69, 9.17) is 4.74 Å². The van der Waals surface area contributed by atoms with Crippen LogP contribution >= 0.6 is 0 Å². The van der Waals surface area contributed by atoms with Gasteiger partial charge in [-0.05, 0) is 49.8 Å². The number of benzene rings is 2. The third-order valence-corrected chi connectivity index (χ3v) is 5.06.